The van der Waals surface area contributed by atoms with Gasteiger partial charge in [0, 0.05) is 13.1 Å². The molecule has 1 aliphatic carbocycles. The van der Waals surface area contributed by atoms with E-state index >= 15 is 0 Å². The van der Waals surface area contributed by atoms with Crippen LogP contribution in [-0.4, -0.2) is 38.9 Å². The number of hydrogen-bond acceptors (Lipinski definition) is 6. The Kier molecular flexibility index (Phi) is 8.90. The third-order valence-electron chi connectivity index (χ3n) is 8.11. The molecule has 0 saturated heterocycles. The van der Waals surface area contributed by atoms with E-state index in [1.807, 2.05) is 0 Å². The highest BCUT2D eigenvalue weighted by atomic mass is 19.4. The van der Waals surface area contributed by atoms with Gasteiger partial charge in [-0.3, -0.25) is 4.90 Å². The van der Waals surface area contributed by atoms with Gasteiger partial charge < -0.3 is 9.64 Å². The second kappa shape index (κ2) is 12.3. The Labute approximate surface area is 257 Å². The van der Waals surface area contributed by atoms with Gasteiger partial charge in [-0.1, -0.05) is 11.2 Å². The van der Waals surface area contributed by atoms with Gasteiger partial charge in [0.15, 0.2) is 0 Å². The predicted molar refractivity (Wildman–Crippen MR) is 146 cm³/mol. The number of halogens is 9. The van der Waals surface area contributed by atoms with Gasteiger partial charge in [0.25, 0.3) is 5.95 Å². The van der Waals surface area contributed by atoms with Gasteiger partial charge in [0.05, 0.1) is 35.5 Å². The molecular formula is C29H29F9N6O2. The molecule has 2 aromatic carbocycles. The largest absolute Gasteiger partial charge is 0.446 e. The third-order valence-corrected chi connectivity index (χ3v) is 8.11. The number of rotatable bonds is 5. The normalized spacial score (nSPS) is 18.0. The Morgan fingerprint density at radius 2 is 1.52 bits per heavy atom. The maximum absolute atomic E-state index is 14.1. The number of carbonyl (C=O) groups excluding carboxylic acids is 1. The van der Waals surface area contributed by atoms with Crippen LogP contribution < -0.4 is 9.80 Å². The number of benzene rings is 2. The summed E-state index contributed by atoms with van der Waals surface area (Å²) < 4.78 is 130. The number of tetrazole rings is 1. The summed E-state index contributed by atoms with van der Waals surface area (Å²) in [4.78, 5) is 16.8. The zero-order valence-electron chi connectivity index (χ0n) is 24.6. The fourth-order valence-electron chi connectivity index (χ4n) is 5.99. The SMILES string of the molecule is Cc1cc2c(cc1C(F)(F)F)N(C(=O)OC1CCCC1)CCCC2N(Cc1cc(C(F)(F)F)cc(C(F)(F)F)c1)c1nnn(C)n1. The Bertz CT molecular complexity index is 1550. The summed E-state index contributed by atoms with van der Waals surface area (Å²) in [7, 11) is 1.39. The van der Waals surface area contributed by atoms with Crippen LogP contribution in [0, 0.1) is 6.92 Å². The molecule has 5 rings (SSSR count). The lowest BCUT2D eigenvalue weighted by molar-refractivity contribution is -0.143. The van der Waals surface area contributed by atoms with Crippen molar-refractivity contribution < 1.29 is 49.0 Å². The minimum absolute atomic E-state index is 0.00518. The first kappa shape index (κ1) is 33.3. The first-order valence-electron chi connectivity index (χ1n) is 14.4. The number of aromatic nitrogens is 4. The van der Waals surface area contributed by atoms with Crippen molar-refractivity contribution in [3.05, 3.63) is 63.7 Å². The fraction of sp³-hybridized carbons (Fsp3) is 0.517. The van der Waals surface area contributed by atoms with Crippen molar-refractivity contribution in [1.82, 2.24) is 20.2 Å². The number of hydrogen-bond donors (Lipinski definition) is 0. The van der Waals surface area contributed by atoms with Gasteiger partial charge in [0.1, 0.15) is 6.10 Å². The van der Waals surface area contributed by atoms with Crippen molar-refractivity contribution in [3.8, 4) is 0 Å². The Morgan fingerprint density at radius 3 is 2.07 bits per heavy atom. The monoisotopic (exact) mass is 664 g/mol. The summed E-state index contributed by atoms with van der Waals surface area (Å²) in [5.74, 6) is -0.191. The molecule has 1 aliphatic heterocycles. The maximum atomic E-state index is 14.1. The van der Waals surface area contributed by atoms with Crippen LogP contribution in [0.3, 0.4) is 0 Å². The number of ether oxygens (including phenoxy) is 1. The highest BCUT2D eigenvalue weighted by molar-refractivity contribution is 5.89. The molecule has 1 fully saturated rings. The number of nitrogens with zero attached hydrogens (tertiary/aromatic N) is 6. The Hall–Kier alpha value is -4.05. The number of carbonyl (C=O) groups is 1. The second-order valence-corrected chi connectivity index (χ2v) is 11.4. The topological polar surface area (TPSA) is 76.4 Å². The zero-order valence-corrected chi connectivity index (χ0v) is 24.6. The molecule has 250 valence electrons. The van der Waals surface area contributed by atoms with Crippen molar-refractivity contribution in [3.63, 3.8) is 0 Å². The quantitative estimate of drug-likeness (QED) is 0.258. The summed E-state index contributed by atoms with van der Waals surface area (Å²) in [6, 6.07) is 2.20. The van der Waals surface area contributed by atoms with Crippen molar-refractivity contribution in [2.24, 2.45) is 7.05 Å². The van der Waals surface area contributed by atoms with Crippen LogP contribution in [0.25, 0.3) is 0 Å². The van der Waals surface area contributed by atoms with Crippen molar-refractivity contribution in [2.45, 2.75) is 82.7 Å². The lowest BCUT2D eigenvalue weighted by Gasteiger charge is -2.33. The molecule has 0 radical (unpaired) electrons. The number of anilines is 2. The van der Waals surface area contributed by atoms with E-state index < -0.39 is 65.6 Å². The van der Waals surface area contributed by atoms with E-state index in [0.29, 0.717) is 25.0 Å². The minimum atomic E-state index is -5.11. The molecule has 2 aliphatic rings. The number of aryl methyl sites for hydroxylation is 2. The number of alkyl halides is 9. The zero-order chi connectivity index (χ0) is 33.6. The van der Waals surface area contributed by atoms with Gasteiger partial charge in [-0.05, 0) is 91.6 Å². The van der Waals surface area contributed by atoms with Crippen LogP contribution in [0.1, 0.15) is 77.9 Å². The van der Waals surface area contributed by atoms with E-state index in [9.17, 15) is 44.3 Å². The van der Waals surface area contributed by atoms with E-state index in [1.165, 1.54) is 24.9 Å². The smallest absolute Gasteiger partial charge is 0.416 e. The van der Waals surface area contributed by atoms with Crippen LogP contribution in [0.15, 0.2) is 30.3 Å². The molecule has 0 N–H and O–H groups in total. The Balaban J connectivity index is 1.65. The summed E-state index contributed by atoms with van der Waals surface area (Å²) in [6.07, 6.45) is -13.0. The van der Waals surface area contributed by atoms with E-state index in [2.05, 4.69) is 15.4 Å². The first-order chi connectivity index (χ1) is 21.4. The van der Waals surface area contributed by atoms with Crippen LogP contribution in [0.4, 0.5) is 55.9 Å². The van der Waals surface area contributed by atoms with Crippen molar-refractivity contribution in [1.29, 1.82) is 0 Å². The molecule has 1 aromatic heterocycles. The molecular weight excluding hydrogens is 635 g/mol. The third kappa shape index (κ3) is 7.17. The van der Waals surface area contributed by atoms with Crippen molar-refractivity contribution >= 4 is 17.7 Å². The molecule has 1 atom stereocenters. The van der Waals surface area contributed by atoms with Gasteiger partial charge >= 0.3 is 24.6 Å². The van der Waals surface area contributed by atoms with Crippen LogP contribution in [0.5, 0.6) is 0 Å². The molecule has 17 heteroatoms. The lowest BCUT2D eigenvalue weighted by atomic mass is 9.94. The highest BCUT2D eigenvalue weighted by Crippen LogP contribution is 2.44. The summed E-state index contributed by atoms with van der Waals surface area (Å²) in [6.45, 7) is 0.563. The highest BCUT2D eigenvalue weighted by Gasteiger charge is 2.40. The van der Waals surface area contributed by atoms with Gasteiger partial charge in [-0.15, -0.1) is 5.10 Å². The van der Waals surface area contributed by atoms with E-state index in [-0.39, 0.29) is 48.2 Å². The second-order valence-electron chi connectivity index (χ2n) is 11.4. The van der Waals surface area contributed by atoms with Crippen LogP contribution >= 0.6 is 0 Å². The van der Waals surface area contributed by atoms with E-state index in [4.69, 9.17) is 4.74 Å². The van der Waals surface area contributed by atoms with Gasteiger partial charge in [-0.25, -0.2) is 4.79 Å². The Morgan fingerprint density at radius 1 is 0.891 bits per heavy atom. The van der Waals surface area contributed by atoms with E-state index in [1.54, 1.807) is 0 Å². The van der Waals surface area contributed by atoms with Gasteiger partial charge in [-0.2, -0.15) is 44.3 Å². The fourth-order valence-corrected chi connectivity index (χ4v) is 5.99. The number of amides is 1. The molecule has 46 heavy (non-hydrogen) atoms. The molecule has 1 saturated carbocycles. The summed E-state index contributed by atoms with van der Waals surface area (Å²) in [5.41, 5.74) is -4.65. The standard InChI is InChI=1S/C29H29F9N6O2/c1-16-10-21-23(8-5-9-43(24(21)14-22(16)29(36,37)38)26(45)46-20-6-3-4-7-20)44(25-39-41-42(2)40-25)15-17-11-18(27(30,31)32)13-19(12-17)28(33,34)35/h10-14,20,23H,3-9,15H2,1-2H3. The number of fused-ring (bicyclic) bond motifs is 1. The summed E-state index contributed by atoms with van der Waals surface area (Å²) in [5, 5.41) is 11.8. The van der Waals surface area contributed by atoms with Crippen molar-refractivity contribution in [2.75, 3.05) is 16.3 Å². The molecule has 8 nitrogen and oxygen atoms in total. The van der Waals surface area contributed by atoms with Crippen LogP contribution in [-0.2, 0) is 36.9 Å². The summed E-state index contributed by atoms with van der Waals surface area (Å²) >= 11 is 0. The average molecular weight is 665 g/mol. The maximum Gasteiger partial charge on any atom is 0.416 e. The van der Waals surface area contributed by atoms with Gasteiger partial charge in [0.2, 0.25) is 0 Å². The molecule has 3 aromatic rings. The molecule has 1 unspecified atom stereocenters. The lowest BCUT2D eigenvalue weighted by Crippen LogP contribution is -2.35. The average Bonchev–Trinajstić information content (AvgIpc) is 3.58. The first-order valence-corrected chi connectivity index (χ1v) is 14.4. The molecule has 0 bridgehead atoms. The molecule has 0 spiro atoms. The van der Waals surface area contributed by atoms with Crippen LogP contribution in [0.2, 0.25) is 0 Å². The molecule has 1 amide bonds. The predicted octanol–water partition coefficient (Wildman–Crippen LogP) is 8.00. The van der Waals surface area contributed by atoms with E-state index in [0.717, 1.165) is 28.6 Å². The minimum Gasteiger partial charge on any atom is -0.446 e. The molecule has 2 heterocycles.